The van der Waals surface area contributed by atoms with Crippen molar-refractivity contribution in [1.82, 2.24) is 9.97 Å². The van der Waals surface area contributed by atoms with Crippen molar-refractivity contribution in [3.8, 4) is 17.0 Å². The lowest BCUT2D eigenvalue weighted by Crippen LogP contribution is -2.20. The fourth-order valence-electron chi connectivity index (χ4n) is 2.50. The number of nitrogens with two attached hydrogens (primary N) is 1. The molecule has 0 aliphatic rings. The number of aromatic nitrogens is 2. The van der Waals surface area contributed by atoms with Gasteiger partial charge in [0.15, 0.2) is 0 Å². The van der Waals surface area contributed by atoms with Crippen LogP contribution in [0.2, 0.25) is 0 Å². The molecular weight excluding hydrogens is 393 g/mol. The molecule has 2 aromatic carbocycles. The van der Waals surface area contributed by atoms with Gasteiger partial charge in [0.05, 0.1) is 5.69 Å². The second-order valence-electron chi connectivity index (χ2n) is 5.76. The van der Waals surface area contributed by atoms with Crippen LogP contribution in [0.5, 0.6) is 5.75 Å². The van der Waals surface area contributed by atoms with Gasteiger partial charge in [0.1, 0.15) is 17.9 Å². The fraction of sp³-hybridized carbons (Fsp3) is 0.158. The van der Waals surface area contributed by atoms with Crippen molar-refractivity contribution in [2.24, 2.45) is 5.73 Å². The van der Waals surface area contributed by atoms with E-state index in [0.29, 0.717) is 23.6 Å². The van der Waals surface area contributed by atoms with Crippen LogP contribution in [-0.2, 0) is 0 Å². The van der Waals surface area contributed by atoms with Gasteiger partial charge in [-0.25, -0.2) is 9.97 Å². The summed E-state index contributed by atoms with van der Waals surface area (Å²) >= 11 is 0. The van der Waals surface area contributed by atoms with Crippen molar-refractivity contribution in [3.05, 3.63) is 72.6 Å². The van der Waals surface area contributed by atoms with Crippen LogP contribution in [0.15, 0.2) is 67.0 Å². The molecule has 0 aliphatic carbocycles. The summed E-state index contributed by atoms with van der Waals surface area (Å²) in [7, 11) is 0. The van der Waals surface area contributed by atoms with Crippen LogP contribution in [0.1, 0.15) is 11.6 Å². The molecule has 3 rings (SSSR count). The Bertz CT molecular complexity index is 894. The molecule has 148 valence electrons. The standard InChI is InChI=1S/C19H17F3N4O.ClH/c20-19(21,22)27-15-8-4-7-14(9-15)17-10-18(26-12-25-17)24-11-16(23)13-5-2-1-3-6-13;/h1-10,12,16H,11,23H2,(H,24,25,26);1H/t16-;/m0./s1. The minimum Gasteiger partial charge on any atom is -0.406 e. The van der Waals surface area contributed by atoms with Crippen molar-refractivity contribution >= 4 is 18.2 Å². The molecular formula is C19H18ClF3N4O. The minimum absolute atomic E-state index is 0. The number of rotatable bonds is 6. The molecule has 1 heterocycles. The summed E-state index contributed by atoms with van der Waals surface area (Å²) in [4.78, 5) is 8.24. The normalized spacial score (nSPS) is 12.0. The van der Waals surface area contributed by atoms with Crippen LogP contribution in [-0.4, -0.2) is 22.9 Å². The van der Waals surface area contributed by atoms with Crippen LogP contribution >= 0.6 is 12.4 Å². The third kappa shape index (κ3) is 6.11. The third-order valence-corrected chi connectivity index (χ3v) is 3.76. The van der Waals surface area contributed by atoms with Gasteiger partial charge >= 0.3 is 6.36 Å². The van der Waals surface area contributed by atoms with Gasteiger partial charge in [-0.15, -0.1) is 25.6 Å². The first-order chi connectivity index (χ1) is 12.9. The maximum absolute atomic E-state index is 12.4. The first-order valence-electron chi connectivity index (χ1n) is 8.13. The largest absolute Gasteiger partial charge is 0.573 e. The molecule has 1 aromatic heterocycles. The number of nitrogens with one attached hydrogen (secondary N) is 1. The predicted octanol–water partition coefficient (Wildman–Crippen LogP) is 4.58. The zero-order valence-corrected chi connectivity index (χ0v) is 15.4. The average Bonchev–Trinajstić information content (AvgIpc) is 2.66. The summed E-state index contributed by atoms with van der Waals surface area (Å²) < 4.78 is 41.1. The summed E-state index contributed by atoms with van der Waals surface area (Å²) in [5, 5.41) is 3.12. The molecule has 1 atom stereocenters. The van der Waals surface area contributed by atoms with Crippen LogP contribution in [0.25, 0.3) is 11.3 Å². The molecule has 9 heteroatoms. The fourth-order valence-corrected chi connectivity index (χ4v) is 2.50. The van der Waals surface area contributed by atoms with Crippen molar-refractivity contribution in [1.29, 1.82) is 0 Å². The van der Waals surface area contributed by atoms with E-state index in [-0.39, 0.29) is 24.2 Å². The lowest BCUT2D eigenvalue weighted by atomic mass is 10.1. The minimum atomic E-state index is -4.75. The summed E-state index contributed by atoms with van der Waals surface area (Å²) in [5.41, 5.74) is 8.07. The number of anilines is 1. The molecule has 0 spiro atoms. The molecule has 0 saturated carbocycles. The van der Waals surface area contributed by atoms with E-state index < -0.39 is 6.36 Å². The van der Waals surface area contributed by atoms with Crippen molar-refractivity contribution in [2.45, 2.75) is 12.4 Å². The molecule has 3 aromatic rings. The Morgan fingerprint density at radius 3 is 2.46 bits per heavy atom. The Morgan fingerprint density at radius 1 is 1.00 bits per heavy atom. The second-order valence-corrected chi connectivity index (χ2v) is 5.76. The molecule has 0 bridgehead atoms. The van der Waals surface area contributed by atoms with E-state index in [1.54, 1.807) is 12.1 Å². The van der Waals surface area contributed by atoms with Crippen LogP contribution < -0.4 is 15.8 Å². The molecule has 3 N–H and O–H groups in total. The molecule has 28 heavy (non-hydrogen) atoms. The van der Waals surface area contributed by atoms with E-state index >= 15 is 0 Å². The number of hydrogen-bond donors (Lipinski definition) is 2. The van der Waals surface area contributed by atoms with Gasteiger partial charge in [-0.2, -0.15) is 0 Å². The SMILES string of the molecule is Cl.N[C@@H](CNc1cc(-c2cccc(OC(F)(F)F)c2)ncn1)c1ccccc1. The summed E-state index contributed by atoms with van der Waals surface area (Å²) in [5.74, 6) is 0.216. The quantitative estimate of drug-likeness (QED) is 0.622. The van der Waals surface area contributed by atoms with E-state index in [9.17, 15) is 13.2 Å². The second kappa shape index (κ2) is 9.38. The average molecular weight is 411 g/mol. The smallest absolute Gasteiger partial charge is 0.406 e. The van der Waals surface area contributed by atoms with Crippen LogP contribution in [0.3, 0.4) is 0 Å². The highest BCUT2D eigenvalue weighted by Gasteiger charge is 2.31. The predicted molar refractivity (Wildman–Crippen MR) is 103 cm³/mol. The van der Waals surface area contributed by atoms with Gasteiger partial charge in [0.25, 0.3) is 0 Å². The van der Waals surface area contributed by atoms with Crippen LogP contribution in [0, 0.1) is 0 Å². The molecule has 0 fully saturated rings. The lowest BCUT2D eigenvalue weighted by molar-refractivity contribution is -0.274. The van der Waals surface area contributed by atoms with Gasteiger partial charge in [0.2, 0.25) is 0 Å². The van der Waals surface area contributed by atoms with E-state index in [1.807, 2.05) is 30.3 Å². The summed E-state index contributed by atoms with van der Waals surface area (Å²) in [6.45, 7) is 0.442. The molecule has 0 saturated heterocycles. The Hall–Kier alpha value is -2.84. The van der Waals surface area contributed by atoms with Crippen LogP contribution in [0.4, 0.5) is 19.0 Å². The molecule has 0 unspecified atom stereocenters. The van der Waals surface area contributed by atoms with Gasteiger partial charge < -0.3 is 15.8 Å². The maximum Gasteiger partial charge on any atom is 0.573 e. The highest BCUT2D eigenvalue weighted by Crippen LogP contribution is 2.27. The van der Waals surface area contributed by atoms with Gasteiger partial charge in [-0.3, -0.25) is 0 Å². The highest BCUT2D eigenvalue weighted by molar-refractivity contribution is 5.85. The summed E-state index contributed by atoms with van der Waals surface area (Å²) in [6, 6.07) is 16.6. The van der Waals surface area contributed by atoms with Crippen molar-refractivity contribution < 1.29 is 17.9 Å². The van der Waals surface area contributed by atoms with Crippen molar-refractivity contribution in [2.75, 3.05) is 11.9 Å². The molecule has 0 aliphatic heterocycles. The Balaban J connectivity index is 0.00000280. The number of alkyl halides is 3. The zero-order valence-electron chi connectivity index (χ0n) is 14.6. The Labute approximate surface area is 166 Å². The van der Waals surface area contributed by atoms with Crippen molar-refractivity contribution in [3.63, 3.8) is 0 Å². The topological polar surface area (TPSA) is 73.1 Å². The zero-order chi connectivity index (χ0) is 19.3. The number of ether oxygens (including phenoxy) is 1. The van der Waals surface area contributed by atoms with Gasteiger partial charge in [-0.05, 0) is 17.7 Å². The van der Waals surface area contributed by atoms with E-state index in [4.69, 9.17) is 5.73 Å². The van der Waals surface area contributed by atoms with Gasteiger partial charge in [0, 0.05) is 24.2 Å². The first-order valence-corrected chi connectivity index (χ1v) is 8.13. The maximum atomic E-state index is 12.4. The number of hydrogen-bond acceptors (Lipinski definition) is 5. The van der Waals surface area contributed by atoms with E-state index in [0.717, 1.165) is 5.56 Å². The monoisotopic (exact) mass is 410 g/mol. The molecule has 0 radical (unpaired) electrons. The van der Waals surface area contributed by atoms with E-state index in [1.165, 1.54) is 24.5 Å². The number of halogens is 4. The lowest BCUT2D eigenvalue weighted by Gasteiger charge is -2.14. The Morgan fingerprint density at radius 2 is 1.75 bits per heavy atom. The number of benzene rings is 2. The molecule has 0 amide bonds. The Kier molecular flexibility index (Phi) is 7.19. The molecule has 5 nitrogen and oxygen atoms in total. The highest BCUT2D eigenvalue weighted by atomic mass is 35.5. The third-order valence-electron chi connectivity index (χ3n) is 3.76. The number of nitrogens with zero attached hydrogens (tertiary/aromatic N) is 2. The van der Waals surface area contributed by atoms with Gasteiger partial charge in [-0.1, -0.05) is 42.5 Å². The first kappa shape index (κ1) is 21.5. The van der Waals surface area contributed by atoms with E-state index in [2.05, 4.69) is 20.0 Å². The summed E-state index contributed by atoms with van der Waals surface area (Å²) in [6.07, 6.45) is -3.41.